The molecular formula is C27H14O2. The second-order valence-electron chi connectivity index (χ2n) is 7.98. The summed E-state index contributed by atoms with van der Waals surface area (Å²) in [5.41, 5.74) is 10.4. The molecule has 5 aliphatic carbocycles. The zero-order chi connectivity index (χ0) is 19.3. The molecule has 0 aromatic heterocycles. The molecule has 5 aliphatic rings. The molecule has 0 heterocycles. The minimum absolute atomic E-state index is 0.0652. The summed E-state index contributed by atoms with van der Waals surface area (Å²) in [5, 5.41) is 0. The van der Waals surface area contributed by atoms with Gasteiger partial charge in [0.05, 0.1) is 0 Å². The van der Waals surface area contributed by atoms with Crippen molar-refractivity contribution in [1.29, 1.82) is 0 Å². The van der Waals surface area contributed by atoms with Crippen molar-refractivity contribution in [2.45, 2.75) is 0 Å². The van der Waals surface area contributed by atoms with Crippen molar-refractivity contribution < 1.29 is 9.59 Å². The minimum atomic E-state index is 0.0652. The molecule has 0 amide bonds. The maximum absolute atomic E-state index is 13.2. The van der Waals surface area contributed by atoms with Gasteiger partial charge in [-0.2, -0.15) is 0 Å². The lowest BCUT2D eigenvalue weighted by Crippen LogP contribution is -2.21. The van der Waals surface area contributed by atoms with Crippen molar-refractivity contribution in [2.24, 2.45) is 5.92 Å². The van der Waals surface area contributed by atoms with Crippen LogP contribution in [0.25, 0.3) is 11.1 Å². The second kappa shape index (κ2) is 4.98. The van der Waals surface area contributed by atoms with Gasteiger partial charge < -0.3 is 0 Å². The van der Waals surface area contributed by atoms with Crippen molar-refractivity contribution in [3.05, 3.63) is 129 Å². The van der Waals surface area contributed by atoms with Gasteiger partial charge in [-0.05, 0) is 51.1 Å². The van der Waals surface area contributed by atoms with Crippen molar-refractivity contribution in [3.8, 4) is 0 Å². The summed E-state index contributed by atoms with van der Waals surface area (Å²) in [6, 6.07) is 15.7. The van der Waals surface area contributed by atoms with E-state index in [0.29, 0.717) is 0 Å². The van der Waals surface area contributed by atoms with E-state index in [1.807, 2.05) is 54.6 Å². The van der Waals surface area contributed by atoms with Crippen LogP contribution in [0.4, 0.5) is 0 Å². The third-order valence-corrected chi connectivity index (χ3v) is 6.62. The van der Waals surface area contributed by atoms with E-state index < -0.39 is 0 Å². The third kappa shape index (κ3) is 1.69. The molecule has 2 heteroatoms. The zero-order valence-corrected chi connectivity index (χ0v) is 15.4. The molecule has 0 radical (unpaired) electrons. The van der Waals surface area contributed by atoms with Gasteiger partial charge in [0.1, 0.15) is 0 Å². The maximum atomic E-state index is 13.2. The van der Waals surface area contributed by atoms with Gasteiger partial charge >= 0.3 is 0 Å². The molecule has 0 saturated carbocycles. The highest BCUT2D eigenvalue weighted by molar-refractivity contribution is 6.29. The quantitative estimate of drug-likeness (QED) is 0.632. The van der Waals surface area contributed by atoms with E-state index in [4.69, 9.17) is 0 Å². The zero-order valence-electron chi connectivity index (χ0n) is 15.4. The Morgan fingerprint density at radius 3 is 1.83 bits per heavy atom. The van der Waals surface area contributed by atoms with Crippen LogP contribution in [0.15, 0.2) is 107 Å². The predicted octanol–water partition coefficient (Wildman–Crippen LogP) is 5.28. The second-order valence-corrected chi connectivity index (χ2v) is 7.98. The lowest BCUT2D eigenvalue weighted by atomic mass is 9.67. The summed E-state index contributed by atoms with van der Waals surface area (Å²) in [5.74, 6) is 0.219. The number of fused-ring (bicyclic) bond motifs is 6. The van der Waals surface area contributed by atoms with Gasteiger partial charge in [0.25, 0.3) is 0 Å². The molecule has 29 heavy (non-hydrogen) atoms. The first-order valence-electron chi connectivity index (χ1n) is 9.83. The fourth-order valence-corrected chi connectivity index (χ4v) is 5.47. The molecule has 0 bridgehead atoms. The molecule has 2 aromatic carbocycles. The van der Waals surface area contributed by atoms with Crippen molar-refractivity contribution >= 4 is 22.7 Å². The fourth-order valence-electron chi connectivity index (χ4n) is 5.47. The number of allylic oxidation sites excluding steroid dienone is 12. The molecule has 1 unspecified atom stereocenters. The number of carbonyl (C=O) groups excluding carboxylic acids is 2. The van der Waals surface area contributed by atoms with Gasteiger partial charge in [-0.15, -0.1) is 0 Å². The molecule has 0 saturated heterocycles. The van der Waals surface area contributed by atoms with Crippen molar-refractivity contribution in [1.82, 2.24) is 0 Å². The molecule has 0 spiro atoms. The molecule has 7 rings (SSSR count). The molecule has 2 nitrogen and oxygen atoms in total. The number of hydrogen-bond donors (Lipinski definition) is 0. The Kier molecular flexibility index (Phi) is 2.61. The summed E-state index contributed by atoms with van der Waals surface area (Å²) < 4.78 is 0. The van der Waals surface area contributed by atoms with E-state index in [9.17, 15) is 9.59 Å². The van der Waals surface area contributed by atoms with Crippen LogP contribution in [0.5, 0.6) is 0 Å². The standard InChI is InChI=1S/C27H14O2/c28-26-18-10-4-2-8-16(18)25-20-13-22-24(15-7-1-3-9-17(15)27(22)29)19-11-5-6-14(23(19)20)12-21(25)26/h1-13,23H. The molecule has 0 fully saturated rings. The maximum Gasteiger partial charge on any atom is 0.194 e. The summed E-state index contributed by atoms with van der Waals surface area (Å²) in [6.45, 7) is 0. The molecule has 1 atom stereocenters. The first-order valence-corrected chi connectivity index (χ1v) is 9.83. The lowest BCUT2D eigenvalue weighted by Gasteiger charge is -2.35. The monoisotopic (exact) mass is 370 g/mol. The number of benzene rings is 2. The Morgan fingerprint density at radius 2 is 1.17 bits per heavy atom. The Balaban J connectivity index is 1.57. The topological polar surface area (TPSA) is 34.1 Å². The van der Waals surface area contributed by atoms with E-state index in [1.54, 1.807) is 0 Å². The smallest absolute Gasteiger partial charge is 0.194 e. The average molecular weight is 370 g/mol. The summed E-state index contributed by atoms with van der Waals surface area (Å²) in [7, 11) is 0. The van der Waals surface area contributed by atoms with E-state index in [-0.39, 0.29) is 17.5 Å². The number of rotatable bonds is 0. The summed E-state index contributed by atoms with van der Waals surface area (Å²) in [6.07, 6.45) is 10.4. The van der Waals surface area contributed by atoms with Gasteiger partial charge in [-0.1, -0.05) is 66.8 Å². The lowest BCUT2D eigenvalue weighted by molar-refractivity contribution is 0.103. The molecule has 134 valence electrons. The van der Waals surface area contributed by atoms with Crippen LogP contribution in [-0.4, -0.2) is 11.6 Å². The van der Waals surface area contributed by atoms with Crippen LogP contribution >= 0.6 is 0 Å². The number of Topliss-reactive ketones (excluding diaryl/α,β-unsaturated/α-hetero) is 2. The molecule has 0 N–H and O–H groups in total. The molecule has 2 aromatic rings. The number of hydrogen-bond acceptors (Lipinski definition) is 2. The van der Waals surface area contributed by atoms with Gasteiger partial charge in [-0.25, -0.2) is 0 Å². The Labute approximate surface area is 167 Å². The summed E-state index contributed by atoms with van der Waals surface area (Å²) in [4.78, 5) is 26.3. The highest BCUT2D eigenvalue weighted by atomic mass is 16.1. The Hall–Kier alpha value is -3.78. The summed E-state index contributed by atoms with van der Waals surface area (Å²) >= 11 is 0. The average Bonchev–Trinajstić information content (AvgIpc) is 3.21. The van der Waals surface area contributed by atoms with Crippen LogP contribution in [0, 0.1) is 5.92 Å². The first kappa shape index (κ1) is 15.2. The first-order chi connectivity index (χ1) is 14.2. The highest BCUT2D eigenvalue weighted by Gasteiger charge is 2.44. The number of ketones is 2. The minimum Gasteiger partial charge on any atom is -0.289 e. The van der Waals surface area contributed by atoms with Crippen LogP contribution in [0.3, 0.4) is 0 Å². The van der Waals surface area contributed by atoms with E-state index >= 15 is 0 Å². The third-order valence-electron chi connectivity index (χ3n) is 6.62. The Bertz CT molecular complexity index is 1420. The largest absolute Gasteiger partial charge is 0.289 e. The van der Waals surface area contributed by atoms with E-state index in [2.05, 4.69) is 24.3 Å². The highest BCUT2D eigenvalue weighted by Crippen LogP contribution is 2.56. The molecular weight excluding hydrogens is 356 g/mol. The van der Waals surface area contributed by atoms with Gasteiger partial charge in [0, 0.05) is 28.2 Å². The number of carbonyl (C=O) groups is 2. The SMILES string of the molecule is O=C1C2=C(C3=CC4=C(C5=CC=CC(=C2)C53)c2ccccc2C4=O)c2ccccc21. The van der Waals surface area contributed by atoms with Crippen molar-refractivity contribution in [3.63, 3.8) is 0 Å². The van der Waals surface area contributed by atoms with Gasteiger partial charge in [0.2, 0.25) is 0 Å². The van der Waals surface area contributed by atoms with Gasteiger partial charge in [-0.3, -0.25) is 9.59 Å². The van der Waals surface area contributed by atoms with Crippen LogP contribution < -0.4 is 0 Å². The molecule has 0 aliphatic heterocycles. The van der Waals surface area contributed by atoms with Crippen molar-refractivity contribution in [2.75, 3.05) is 0 Å². The predicted molar refractivity (Wildman–Crippen MR) is 112 cm³/mol. The van der Waals surface area contributed by atoms with E-state index in [1.165, 1.54) is 0 Å². The normalized spacial score (nSPS) is 22.5. The van der Waals surface area contributed by atoms with E-state index in [0.717, 1.165) is 61.3 Å². The van der Waals surface area contributed by atoms with Crippen LogP contribution in [-0.2, 0) is 0 Å². The Morgan fingerprint density at radius 1 is 0.621 bits per heavy atom. The van der Waals surface area contributed by atoms with Gasteiger partial charge in [0.15, 0.2) is 11.6 Å². The van der Waals surface area contributed by atoms with Crippen LogP contribution in [0.1, 0.15) is 31.8 Å². The van der Waals surface area contributed by atoms with Crippen LogP contribution in [0.2, 0.25) is 0 Å². The fraction of sp³-hybridized carbons (Fsp3) is 0.0370.